The first kappa shape index (κ1) is 17.8. The van der Waals surface area contributed by atoms with E-state index < -0.39 is 0 Å². The fourth-order valence-electron chi connectivity index (χ4n) is 3.54. The van der Waals surface area contributed by atoms with Crippen LogP contribution in [0.15, 0.2) is 94.9 Å². The second-order valence-electron chi connectivity index (χ2n) is 6.92. The van der Waals surface area contributed by atoms with Crippen LogP contribution in [-0.2, 0) is 0 Å². The van der Waals surface area contributed by atoms with Gasteiger partial charge >= 0.3 is 0 Å². The maximum absolute atomic E-state index is 4.99. The van der Waals surface area contributed by atoms with E-state index in [1.54, 1.807) is 0 Å². The van der Waals surface area contributed by atoms with Crippen molar-refractivity contribution in [1.82, 2.24) is 0 Å². The van der Waals surface area contributed by atoms with Gasteiger partial charge in [0.25, 0.3) is 0 Å². The number of rotatable bonds is 4. The van der Waals surface area contributed by atoms with E-state index >= 15 is 0 Å². The van der Waals surface area contributed by atoms with Crippen LogP contribution in [0.1, 0.15) is 34.3 Å². The molecule has 0 aromatic heterocycles. The Kier molecular flexibility index (Phi) is 5.06. The zero-order chi connectivity index (χ0) is 18.8. The molecule has 0 bridgehead atoms. The van der Waals surface area contributed by atoms with Gasteiger partial charge in [0.05, 0.1) is 22.2 Å². The van der Waals surface area contributed by atoms with Gasteiger partial charge in [0.2, 0.25) is 0 Å². The topological polar surface area (TPSA) is 24.7 Å². The smallest absolute Gasteiger partial charge is 0.0985 e. The van der Waals surface area contributed by atoms with E-state index in [0.717, 1.165) is 21.6 Å². The highest BCUT2D eigenvalue weighted by atomic mass is 32.2. The van der Waals surface area contributed by atoms with Crippen LogP contribution in [0, 0.1) is 0 Å². The largest absolute Gasteiger partial charge is 0.269 e. The molecule has 5 rings (SSSR count). The van der Waals surface area contributed by atoms with E-state index in [2.05, 4.69) is 84.9 Å². The Hall–Kier alpha value is -2.30. The minimum absolute atomic E-state index is 0.255. The number of nitrogens with zero attached hydrogens (tertiary/aromatic N) is 2. The molecular formula is C24H20N2S2. The van der Waals surface area contributed by atoms with Gasteiger partial charge in [-0.05, 0) is 17.2 Å². The van der Waals surface area contributed by atoms with E-state index in [9.17, 15) is 0 Å². The van der Waals surface area contributed by atoms with Gasteiger partial charge in [0.1, 0.15) is 0 Å². The lowest BCUT2D eigenvalue weighted by Gasteiger charge is -2.05. The molecule has 0 saturated heterocycles. The van der Waals surface area contributed by atoms with Crippen LogP contribution in [-0.4, -0.2) is 21.6 Å². The number of hydrogen-bond donors (Lipinski definition) is 0. The fraction of sp³-hybridized carbons (Fsp3) is 0.167. The van der Waals surface area contributed by atoms with Crippen molar-refractivity contribution in [2.75, 3.05) is 11.5 Å². The van der Waals surface area contributed by atoms with E-state index in [1.165, 1.54) is 22.3 Å². The van der Waals surface area contributed by atoms with Crippen LogP contribution in [0.25, 0.3) is 0 Å². The second-order valence-corrected chi connectivity index (χ2v) is 8.94. The molecule has 28 heavy (non-hydrogen) atoms. The van der Waals surface area contributed by atoms with Crippen LogP contribution in [0.5, 0.6) is 0 Å². The van der Waals surface area contributed by atoms with Crippen LogP contribution in [0.3, 0.4) is 0 Å². The van der Waals surface area contributed by atoms with Crippen molar-refractivity contribution in [3.8, 4) is 0 Å². The predicted molar refractivity (Wildman–Crippen MR) is 123 cm³/mol. The van der Waals surface area contributed by atoms with Gasteiger partial charge in [-0.15, -0.1) is 23.5 Å². The zero-order valence-electron chi connectivity index (χ0n) is 15.4. The molecule has 0 spiro atoms. The first-order valence-electron chi connectivity index (χ1n) is 9.49. The molecule has 2 atom stereocenters. The van der Waals surface area contributed by atoms with Gasteiger partial charge in [0.15, 0.2) is 0 Å². The van der Waals surface area contributed by atoms with Gasteiger partial charge in [0, 0.05) is 22.6 Å². The Labute approximate surface area is 174 Å². The lowest BCUT2D eigenvalue weighted by Crippen LogP contribution is -1.97. The Morgan fingerprint density at radius 3 is 1.50 bits per heavy atom. The molecule has 0 radical (unpaired) electrons. The van der Waals surface area contributed by atoms with Gasteiger partial charge in [-0.25, -0.2) is 0 Å². The molecule has 2 heterocycles. The molecular weight excluding hydrogens is 380 g/mol. The maximum atomic E-state index is 4.99. The fourth-order valence-corrected chi connectivity index (χ4v) is 5.70. The zero-order valence-corrected chi connectivity index (χ0v) is 17.0. The summed E-state index contributed by atoms with van der Waals surface area (Å²) < 4.78 is 0. The van der Waals surface area contributed by atoms with Crippen LogP contribution >= 0.6 is 23.5 Å². The summed E-state index contributed by atoms with van der Waals surface area (Å²) in [5.74, 6) is 2.02. The molecule has 2 aliphatic rings. The summed E-state index contributed by atoms with van der Waals surface area (Å²) >= 11 is 3.70. The summed E-state index contributed by atoms with van der Waals surface area (Å²) in [6, 6.07) is 30.4. The highest BCUT2D eigenvalue weighted by Gasteiger charge is 2.23. The summed E-state index contributed by atoms with van der Waals surface area (Å²) in [4.78, 5) is 9.98. The highest BCUT2D eigenvalue weighted by molar-refractivity contribution is 8.15. The Morgan fingerprint density at radius 2 is 1.04 bits per heavy atom. The molecule has 4 heteroatoms. The standard InChI is InChI=1S/C24H20N2S2/c1-3-8-17(9-4-1)21-15-27-23(25-21)19-12-7-13-20(14-19)24-26-22(16-28-24)18-10-5-2-6-11-18/h1-14,21-22H,15-16H2. The third-order valence-electron chi connectivity index (χ3n) is 5.03. The van der Waals surface area contributed by atoms with Crippen LogP contribution < -0.4 is 0 Å². The van der Waals surface area contributed by atoms with Crippen molar-refractivity contribution < 1.29 is 0 Å². The molecule has 3 aromatic carbocycles. The molecule has 0 fully saturated rings. The Morgan fingerprint density at radius 1 is 0.571 bits per heavy atom. The molecule has 2 aliphatic heterocycles. The van der Waals surface area contributed by atoms with Crippen LogP contribution in [0.4, 0.5) is 0 Å². The van der Waals surface area contributed by atoms with E-state index in [4.69, 9.17) is 9.98 Å². The van der Waals surface area contributed by atoms with Crippen molar-refractivity contribution in [3.05, 3.63) is 107 Å². The molecule has 0 saturated carbocycles. The quantitative estimate of drug-likeness (QED) is 0.524. The minimum atomic E-state index is 0.255. The van der Waals surface area contributed by atoms with Crippen molar-refractivity contribution in [2.45, 2.75) is 12.1 Å². The summed E-state index contributed by atoms with van der Waals surface area (Å²) in [5.41, 5.74) is 4.99. The number of aliphatic imine (C=N–C) groups is 2. The van der Waals surface area contributed by atoms with E-state index in [1.807, 2.05) is 23.5 Å². The van der Waals surface area contributed by atoms with Crippen molar-refractivity contribution >= 4 is 33.6 Å². The van der Waals surface area contributed by atoms with Gasteiger partial charge in [-0.3, -0.25) is 9.98 Å². The predicted octanol–water partition coefficient (Wildman–Crippen LogP) is 6.16. The Balaban J connectivity index is 1.39. The highest BCUT2D eigenvalue weighted by Crippen LogP contribution is 2.35. The average molecular weight is 401 g/mol. The molecule has 2 nitrogen and oxygen atoms in total. The molecule has 0 N–H and O–H groups in total. The molecule has 2 unspecified atom stereocenters. The minimum Gasteiger partial charge on any atom is -0.269 e. The van der Waals surface area contributed by atoms with E-state index in [0.29, 0.717) is 0 Å². The lowest BCUT2D eigenvalue weighted by atomic mass is 10.1. The number of hydrogen-bond acceptors (Lipinski definition) is 4. The molecule has 0 aliphatic carbocycles. The van der Waals surface area contributed by atoms with Crippen molar-refractivity contribution in [2.24, 2.45) is 9.98 Å². The number of thioether (sulfide) groups is 2. The summed E-state index contributed by atoms with van der Waals surface area (Å²) in [6.07, 6.45) is 0. The van der Waals surface area contributed by atoms with E-state index in [-0.39, 0.29) is 12.1 Å². The monoisotopic (exact) mass is 400 g/mol. The van der Waals surface area contributed by atoms with Gasteiger partial charge in [-0.2, -0.15) is 0 Å². The normalized spacial score (nSPS) is 21.4. The van der Waals surface area contributed by atoms with Gasteiger partial charge in [-0.1, -0.05) is 78.9 Å². The number of benzene rings is 3. The third kappa shape index (κ3) is 3.67. The molecule has 138 valence electrons. The SMILES string of the molecule is c1ccc(C2CSC(c3cccc(C4=NC(c5ccccc5)CS4)c3)=N2)cc1. The lowest BCUT2D eigenvalue weighted by molar-refractivity contribution is 0.849. The first-order chi connectivity index (χ1) is 13.9. The summed E-state index contributed by atoms with van der Waals surface area (Å²) in [5, 5.41) is 2.28. The maximum Gasteiger partial charge on any atom is 0.0985 e. The summed E-state index contributed by atoms with van der Waals surface area (Å²) in [7, 11) is 0. The summed E-state index contributed by atoms with van der Waals surface area (Å²) in [6.45, 7) is 0. The van der Waals surface area contributed by atoms with Gasteiger partial charge < -0.3 is 0 Å². The van der Waals surface area contributed by atoms with Crippen molar-refractivity contribution in [3.63, 3.8) is 0 Å². The van der Waals surface area contributed by atoms with Crippen LogP contribution in [0.2, 0.25) is 0 Å². The average Bonchev–Trinajstić information content (AvgIpc) is 3.46. The van der Waals surface area contributed by atoms with Crippen molar-refractivity contribution in [1.29, 1.82) is 0 Å². The third-order valence-corrected chi connectivity index (χ3v) is 7.22. The second kappa shape index (κ2) is 7.98. The molecule has 0 amide bonds. The molecule has 3 aromatic rings. The Bertz CT molecular complexity index is 948. The first-order valence-corrected chi connectivity index (χ1v) is 11.5.